The number of carboxylic acid groups (broad SMARTS) is 1. The summed E-state index contributed by atoms with van der Waals surface area (Å²) in [6.45, 7) is 4.52. The molecule has 0 radical (unpaired) electrons. The monoisotopic (exact) mass is 339 g/mol. The summed E-state index contributed by atoms with van der Waals surface area (Å²) >= 11 is 6.12. The molecule has 126 valence electrons. The molecule has 0 bridgehead atoms. The van der Waals surface area contributed by atoms with Crippen molar-refractivity contribution in [2.24, 2.45) is 0 Å². The van der Waals surface area contributed by atoms with Crippen molar-refractivity contribution >= 4 is 23.5 Å². The van der Waals surface area contributed by atoms with E-state index in [0.29, 0.717) is 18.8 Å². The van der Waals surface area contributed by atoms with Crippen molar-refractivity contribution in [3.8, 4) is 0 Å². The number of nitrogens with zero attached hydrogens (tertiary/aromatic N) is 3. The normalized spacial score (nSPS) is 18.3. The van der Waals surface area contributed by atoms with Crippen molar-refractivity contribution in [1.29, 1.82) is 0 Å². The molecule has 23 heavy (non-hydrogen) atoms. The van der Waals surface area contributed by atoms with E-state index in [1.54, 1.807) is 4.90 Å². The van der Waals surface area contributed by atoms with Crippen molar-refractivity contribution < 1.29 is 14.7 Å². The summed E-state index contributed by atoms with van der Waals surface area (Å²) in [5.41, 5.74) is 0.215. The summed E-state index contributed by atoms with van der Waals surface area (Å²) in [6, 6.07) is -0.0686. The molecule has 1 N–H and O–H groups in total. The van der Waals surface area contributed by atoms with Gasteiger partial charge in [0.25, 0.3) is 5.91 Å². The number of carboxylic acids is 1. The quantitative estimate of drug-likeness (QED) is 0.891. The summed E-state index contributed by atoms with van der Waals surface area (Å²) in [7, 11) is 0. The van der Waals surface area contributed by atoms with E-state index in [1.807, 2.05) is 13.8 Å². The second-order valence-corrected chi connectivity index (χ2v) is 6.57. The van der Waals surface area contributed by atoms with Crippen LogP contribution < -0.4 is 0 Å². The van der Waals surface area contributed by atoms with Crippen LogP contribution in [0.25, 0.3) is 0 Å². The van der Waals surface area contributed by atoms with E-state index < -0.39 is 5.97 Å². The van der Waals surface area contributed by atoms with Gasteiger partial charge in [-0.2, -0.15) is 0 Å². The smallest absolute Gasteiger partial charge is 0.303 e. The Morgan fingerprint density at radius 1 is 1.43 bits per heavy atom. The molecule has 1 fully saturated rings. The van der Waals surface area contributed by atoms with Gasteiger partial charge < -0.3 is 10.0 Å². The number of rotatable bonds is 5. The van der Waals surface area contributed by atoms with E-state index in [2.05, 4.69) is 9.97 Å². The Kier molecular flexibility index (Phi) is 5.93. The molecule has 0 spiro atoms. The summed E-state index contributed by atoms with van der Waals surface area (Å²) in [5.74, 6) is -0.389. The maximum atomic E-state index is 12.9. The third-order valence-corrected chi connectivity index (χ3v) is 4.34. The molecular formula is C16H22ClN3O3. The summed E-state index contributed by atoms with van der Waals surface area (Å²) in [4.78, 5) is 33.9. The van der Waals surface area contributed by atoms with E-state index in [-0.39, 0.29) is 35.0 Å². The maximum Gasteiger partial charge on any atom is 0.303 e. The van der Waals surface area contributed by atoms with E-state index in [0.717, 1.165) is 19.3 Å². The molecule has 1 aliphatic rings. The fraction of sp³-hybridized carbons (Fsp3) is 0.625. The van der Waals surface area contributed by atoms with Crippen molar-refractivity contribution in [2.75, 3.05) is 6.54 Å². The number of piperidine rings is 1. The van der Waals surface area contributed by atoms with Gasteiger partial charge in [0.05, 0.1) is 11.2 Å². The number of amides is 1. The van der Waals surface area contributed by atoms with Gasteiger partial charge in [-0.1, -0.05) is 25.4 Å². The Balaban J connectivity index is 2.22. The SMILES string of the molecule is CC(C)c1ncc(Cl)c(C(=O)N2CCCCC2CCC(=O)O)n1. The molecule has 1 aromatic heterocycles. The van der Waals surface area contributed by atoms with Crippen LogP contribution >= 0.6 is 11.6 Å². The van der Waals surface area contributed by atoms with Gasteiger partial charge in [0.1, 0.15) is 5.82 Å². The van der Waals surface area contributed by atoms with E-state index in [4.69, 9.17) is 16.7 Å². The minimum absolute atomic E-state index is 0.0587. The molecule has 0 aromatic carbocycles. The molecule has 1 amide bonds. The van der Waals surface area contributed by atoms with Crippen molar-refractivity contribution in [3.05, 3.63) is 22.7 Å². The van der Waals surface area contributed by atoms with Crippen LogP contribution in [0.5, 0.6) is 0 Å². The summed E-state index contributed by atoms with van der Waals surface area (Å²) in [5, 5.41) is 9.12. The molecule has 1 saturated heterocycles. The first-order valence-electron chi connectivity index (χ1n) is 7.95. The van der Waals surface area contributed by atoms with Crippen LogP contribution in [0.4, 0.5) is 0 Å². The highest BCUT2D eigenvalue weighted by Crippen LogP contribution is 2.25. The van der Waals surface area contributed by atoms with Crippen molar-refractivity contribution in [2.45, 2.75) is 57.9 Å². The first kappa shape index (κ1) is 17.7. The van der Waals surface area contributed by atoms with E-state index in [1.165, 1.54) is 6.20 Å². The van der Waals surface area contributed by atoms with E-state index in [9.17, 15) is 9.59 Å². The third-order valence-electron chi connectivity index (χ3n) is 4.06. The average molecular weight is 340 g/mol. The number of carbonyl (C=O) groups is 2. The standard InChI is InChI=1S/C16H22ClN3O3/c1-10(2)15-18-9-12(17)14(19-15)16(23)20-8-4-3-5-11(20)6-7-13(21)22/h9-11H,3-8H2,1-2H3,(H,21,22). The number of carbonyl (C=O) groups excluding carboxylic acids is 1. The van der Waals surface area contributed by atoms with Gasteiger partial charge in [0.2, 0.25) is 0 Å². The van der Waals surface area contributed by atoms with Crippen LogP contribution in [0.1, 0.15) is 68.2 Å². The van der Waals surface area contributed by atoms with Crippen LogP contribution in [0.2, 0.25) is 5.02 Å². The zero-order valence-corrected chi connectivity index (χ0v) is 14.2. The fourth-order valence-corrected chi connectivity index (χ4v) is 2.97. The molecule has 7 heteroatoms. The predicted octanol–water partition coefficient (Wildman–Crippen LogP) is 3.11. The van der Waals surface area contributed by atoms with Gasteiger partial charge in [0.15, 0.2) is 5.69 Å². The fourth-order valence-electron chi connectivity index (χ4n) is 2.80. The number of hydrogen-bond donors (Lipinski definition) is 1. The highest BCUT2D eigenvalue weighted by Gasteiger charge is 2.30. The van der Waals surface area contributed by atoms with Gasteiger partial charge in [-0.3, -0.25) is 9.59 Å². The first-order valence-corrected chi connectivity index (χ1v) is 8.33. The molecule has 2 rings (SSSR count). The number of likely N-dealkylation sites (tertiary alicyclic amines) is 1. The molecule has 0 aliphatic carbocycles. The Hall–Kier alpha value is -1.69. The Bertz CT molecular complexity index is 592. The van der Waals surface area contributed by atoms with Crippen LogP contribution in [-0.2, 0) is 4.79 Å². The average Bonchev–Trinajstić information content (AvgIpc) is 2.52. The minimum atomic E-state index is -0.842. The zero-order chi connectivity index (χ0) is 17.0. The van der Waals surface area contributed by atoms with Crippen molar-refractivity contribution in [3.63, 3.8) is 0 Å². The highest BCUT2D eigenvalue weighted by molar-refractivity contribution is 6.33. The first-order chi connectivity index (χ1) is 10.9. The van der Waals surface area contributed by atoms with Crippen LogP contribution in [-0.4, -0.2) is 44.4 Å². The summed E-state index contributed by atoms with van der Waals surface area (Å²) in [6.07, 6.45) is 4.72. The number of aromatic nitrogens is 2. The minimum Gasteiger partial charge on any atom is -0.481 e. The molecule has 1 aromatic rings. The van der Waals surface area contributed by atoms with Crippen LogP contribution in [0, 0.1) is 0 Å². The topological polar surface area (TPSA) is 83.4 Å². The van der Waals surface area contributed by atoms with E-state index >= 15 is 0 Å². The van der Waals surface area contributed by atoms with Gasteiger partial charge in [-0.25, -0.2) is 9.97 Å². The highest BCUT2D eigenvalue weighted by atomic mass is 35.5. The van der Waals surface area contributed by atoms with Gasteiger partial charge in [-0.15, -0.1) is 0 Å². The van der Waals surface area contributed by atoms with Crippen LogP contribution in [0.3, 0.4) is 0 Å². The lowest BCUT2D eigenvalue weighted by Crippen LogP contribution is -2.44. The number of hydrogen-bond acceptors (Lipinski definition) is 4. The maximum absolute atomic E-state index is 12.9. The lowest BCUT2D eigenvalue weighted by molar-refractivity contribution is -0.137. The third kappa shape index (κ3) is 4.41. The molecule has 0 saturated carbocycles. The van der Waals surface area contributed by atoms with Gasteiger partial charge >= 0.3 is 5.97 Å². The number of halogens is 1. The molecule has 2 heterocycles. The van der Waals surface area contributed by atoms with Gasteiger partial charge in [0, 0.05) is 24.9 Å². The van der Waals surface area contributed by atoms with Crippen molar-refractivity contribution in [1.82, 2.24) is 14.9 Å². The molecule has 1 atom stereocenters. The molecule has 1 unspecified atom stereocenters. The zero-order valence-electron chi connectivity index (χ0n) is 13.5. The predicted molar refractivity (Wildman–Crippen MR) is 86.7 cm³/mol. The Morgan fingerprint density at radius 2 is 2.17 bits per heavy atom. The van der Waals surface area contributed by atoms with Gasteiger partial charge in [-0.05, 0) is 25.7 Å². The second-order valence-electron chi connectivity index (χ2n) is 6.16. The number of aliphatic carboxylic acids is 1. The molecular weight excluding hydrogens is 318 g/mol. The molecule has 1 aliphatic heterocycles. The second kappa shape index (κ2) is 7.73. The van der Waals surface area contributed by atoms with Crippen LogP contribution in [0.15, 0.2) is 6.20 Å². The lowest BCUT2D eigenvalue weighted by atomic mass is 9.97. The Labute approximate surface area is 140 Å². The Morgan fingerprint density at radius 3 is 2.83 bits per heavy atom. The summed E-state index contributed by atoms with van der Waals surface area (Å²) < 4.78 is 0. The molecule has 6 nitrogen and oxygen atoms in total. The lowest BCUT2D eigenvalue weighted by Gasteiger charge is -2.35. The largest absolute Gasteiger partial charge is 0.481 e.